The van der Waals surface area contributed by atoms with E-state index in [1.54, 1.807) is 24.4 Å². The number of aromatic amines is 1. The van der Waals surface area contributed by atoms with Gasteiger partial charge in [0.25, 0.3) is 0 Å². The highest BCUT2D eigenvalue weighted by atomic mass is 16.1. The quantitative estimate of drug-likeness (QED) is 0.447. The van der Waals surface area contributed by atoms with Crippen LogP contribution in [0, 0.1) is 0 Å². The number of nitrogens with one attached hydrogen (secondary N) is 1. The van der Waals surface area contributed by atoms with Gasteiger partial charge >= 0.3 is 0 Å². The zero-order valence-corrected chi connectivity index (χ0v) is 13.4. The topological polar surface area (TPSA) is 58.6 Å². The summed E-state index contributed by atoms with van der Waals surface area (Å²) >= 11 is 0. The van der Waals surface area contributed by atoms with Crippen LogP contribution in [0.25, 0.3) is 22.7 Å². The summed E-state index contributed by atoms with van der Waals surface area (Å²) in [5.74, 6) is 0.450. The largest absolute Gasteiger partial charge is 0.338 e. The van der Waals surface area contributed by atoms with Crippen molar-refractivity contribution < 1.29 is 4.79 Å². The number of H-pyrrole nitrogens is 1. The van der Waals surface area contributed by atoms with E-state index in [0.29, 0.717) is 22.7 Å². The summed E-state index contributed by atoms with van der Waals surface area (Å²) < 4.78 is 0. The van der Waals surface area contributed by atoms with Crippen LogP contribution in [-0.2, 0) is 0 Å². The van der Waals surface area contributed by atoms with E-state index in [9.17, 15) is 4.79 Å². The summed E-state index contributed by atoms with van der Waals surface area (Å²) in [4.78, 5) is 25.2. The zero-order chi connectivity index (χ0) is 17.1. The lowest BCUT2D eigenvalue weighted by atomic mass is 10.0. The van der Waals surface area contributed by atoms with Crippen LogP contribution in [0.15, 0.2) is 79.0 Å². The van der Waals surface area contributed by atoms with Gasteiger partial charge in [-0.05, 0) is 30.3 Å². The molecule has 0 atom stereocenters. The Morgan fingerprint density at radius 1 is 0.880 bits per heavy atom. The molecule has 120 valence electrons. The van der Waals surface area contributed by atoms with Gasteiger partial charge in [0.2, 0.25) is 0 Å². The highest BCUT2D eigenvalue weighted by molar-refractivity contribution is 6.31. The van der Waals surface area contributed by atoms with Gasteiger partial charge in [-0.1, -0.05) is 48.5 Å². The van der Waals surface area contributed by atoms with E-state index in [-0.39, 0.29) is 5.78 Å². The standard InChI is InChI=1S/C21H15N3O/c25-20(15-8-2-1-3-9-15)17(14-16-10-6-7-13-22-16)21-23-18-11-4-5-12-19(18)24-21/h1-14H,(H,23,24). The molecule has 4 aromatic rings. The van der Waals surface area contributed by atoms with Crippen molar-refractivity contribution in [1.29, 1.82) is 0 Å². The summed E-state index contributed by atoms with van der Waals surface area (Å²) in [6.45, 7) is 0. The number of carbonyl (C=O) groups excluding carboxylic acids is 1. The van der Waals surface area contributed by atoms with Crippen LogP contribution in [0.5, 0.6) is 0 Å². The molecule has 0 spiro atoms. The fraction of sp³-hybridized carbons (Fsp3) is 0. The van der Waals surface area contributed by atoms with Crippen LogP contribution in [-0.4, -0.2) is 20.7 Å². The Bertz CT molecular complexity index is 1020. The summed E-state index contributed by atoms with van der Waals surface area (Å²) in [5, 5.41) is 0. The van der Waals surface area contributed by atoms with Crippen molar-refractivity contribution in [3.63, 3.8) is 0 Å². The highest BCUT2D eigenvalue weighted by Gasteiger charge is 2.18. The van der Waals surface area contributed by atoms with E-state index in [2.05, 4.69) is 15.0 Å². The molecule has 1 N–H and O–H groups in total. The first-order valence-electron chi connectivity index (χ1n) is 7.99. The molecule has 25 heavy (non-hydrogen) atoms. The minimum Gasteiger partial charge on any atom is -0.338 e. The zero-order valence-electron chi connectivity index (χ0n) is 13.4. The average Bonchev–Trinajstić information content (AvgIpc) is 3.11. The number of rotatable bonds is 4. The maximum absolute atomic E-state index is 13.1. The van der Waals surface area contributed by atoms with Crippen molar-refractivity contribution in [1.82, 2.24) is 15.0 Å². The number of aromatic nitrogens is 3. The van der Waals surface area contributed by atoms with E-state index in [1.807, 2.05) is 60.7 Å². The Morgan fingerprint density at radius 3 is 2.40 bits per heavy atom. The summed E-state index contributed by atoms with van der Waals surface area (Å²) in [7, 11) is 0. The molecule has 2 heterocycles. The molecule has 2 aromatic heterocycles. The molecule has 0 bridgehead atoms. The monoisotopic (exact) mass is 325 g/mol. The first-order chi connectivity index (χ1) is 12.3. The van der Waals surface area contributed by atoms with Gasteiger partial charge < -0.3 is 4.98 Å². The van der Waals surface area contributed by atoms with E-state index in [4.69, 9.17) is 0 Å². The predicted octanol–water partition coefficient (Wildman–Crippen LogP) is 4.38. The number of carbonyl (C=O) groups is 1. The molecule has 4 nitrogen and oxygen atoms in total. The van der Waals surface area contributed by atoms with E-state index >= 15 is 0 Å². The molecule has 0 radical (unpaired) electrons. The lowest BCUT2D eigenvalue weighted by molar-refractivity contribution is 0.105. The fourth-order valence-electron chi connectivity index (χ4n) is 2.68. The van der Waals surface area contributed by atoms with E-state index in [0.717, 1.165) is 11.0 Å². The Kier molecular flexibility index (Phi) is 3.92. The molecular formula is C21H15N3O. The van der Waals surface area contributed by atoms with Gasteiger partial charge in [-0.25, -0.2) is 4.98 Å². The molecule has 0 saturated carbocycles. The van der Waals surface area contributed by atoms with E-state index < -0.39 is 0 Å². The third-order valence-electron chi connectivity index (χ3n) is 3.91. The number of imidazole rings is 1. The molecule has 0 amide bonds. The van der Waals surface area contributed by atoms with Crippen LogP contribution < -0.4 is 0 Å². The Morgan fingerprint density at radius 2 is 1.64 bits per heavy atom. The number of para-hydroxylation sites is 2. The molecule has 4 heteroatoms. The molecule has 0 unspecified atom stereocenters. The molecule has 4 rings (SSSR count). The second-order valence-corrected chi connectivity index (χ2v) is 5.61. The number of fused-ring (bicyclic) bond motifs is 1. The number of benzene rings is 2. The first-order valence-corrected chi connectivity index (χ1v) is 7.99. The van der Waals surface area contributed by atoms with Crippen molar-refractivity contribution in [2.75, 3.05) is 0 Å². The second-order valence-electron chi connectivity index (χ2n) is 5.61. The Hall–Kier alpha value is -3.53. The summed E-state index contributed by atoms with van der Waals surface area (Å²) in [5.41, 5.74) is 3.53. The summed E-state index contributed by atoms with van der Waals surface area (Å²) in [6, 6.07) is 22.5. The number of hydrogen-bond donors (Lipinski definition) is 1. The third kappa shape index (κ3) is 3.10. The fourth-order valence-corrected chi connectivity index (χ4v) is 2.68. The van der Waals surface area contributed by atoms with Gasteiger partial charge in [0.1, 0.15) is 5.82 Å². The van der Waals surface area contributed by atoms with Crippen LogP contribution in [0.4, 0.5) is 0 Å². The molecule has 0 aliphatic carbocycles. The number of nitrogens with zero attached hydrogens (tertiary/aromatic N) is 2. The number of hydrogen-bond acceptors (Lipinski definition) is 3. The predicted molar refractivity (Wildman–Crippen MR) is 99.0 cm³/mol. The van der Waals surface area contributed by atoms with Crippen molar-refractivity contribution in [2.24, 2.45) is 0 Å². The van der Waals surface area contributed by atoms with E-state index in [1.165, 1.54) is 0 Å². The first kappa shape index (κ1) is 15.0. The average molecular weight is 325 g/mol. The van der Waals surface area contributed by atoms with Gasteiger partial charge in [-0.3, -0.25) is 9.78 Å². The maximum Gasteiger partial charge on any atom is 0.196 e. The maximum atomic E-state index is 13.1. The van der Waals surface area contributed by atoms with Crippen molar-refractivity contribution in [3.05, 3.63) is 96.1 Å². The van der Waals surface area contributed by atoms with Crippen LogP contribution in [0.3, 0.4) is 0 Å². The Balaban J connectivity index is 1.86. The second kappa shape index (κ2) is 6.53. The van der Waals surface area contributed by atoms with Gasteiger partial charge in [0.05, 0.1) is 22.3 Å². The van der Waals surface area contributed by atoms with Crippen molar-refractivity contribution >= 4 is 28.5 Å². The third-order valence-corrected chi connectivity index (χ3v) is 3.91. The highest BCUT2D eigenvalue weighted by Crippen LogP contribution is 2.23. The van der Waals surface area contributed by atoms with Gasteiger partial charge in [-0.2, -0.15) is 0 Å². The lowest BCUT2D eigenvalue weighted by Gasteiger charge is -2.04. The Labute approximate surface area is 144 Å². The number of ketones is 1. The molecule has 0 aliphatic rings. The van der Waals surface area contributed by atoms with Crippen LogP contribution in [0.2, 0.25) is 0 Å². The minimum absolute atomic E-state index is 0.0923. The smallest absolute Gasteiger partial charge is 0.196 e. The minimum atomic E-state index is -0.0923. The number of pyridine rings is 1. The van der Waals surface area contributed by atoms with Gasteiger partial charge in [-0.15, -0.1) is 0 Å². The molecule has 0 fully saturated rings. The van der Waals surface area contributed by atoms with Crippen molar-refractivity contribution in [2.45, 2.75) is 0 Å². The molecular weight excluding hydrogens is 310 g/mol. The van der Waals surface area contributed by atoms with Gasteiger partial charge in [0.15, 0.2) is 5.78 Å². The number of Topliss-reactive ketones (excluding diaryl/α,β-unsaturated/α-hetero) is 1. The molecule has 2 aromatic carbocycles. The van der Waals surface area contributed by atoms with Crippen molar-refractivity contribution in [3.8, 4) is 0 Å². The summed E-state index contributed by atoms with van der Waals surface area (Å²) in [6.07, 6.45) is 3.47. The molecule has 0 saturated heterocycles. The van der Waals surface area contributed by atoms with Crippen LogP contribution >= 0.6 is 0 Å². The molecule has 0 aliphatic heterocycles. The number of allylic oxidation sites excluding steroid dienone is 1. The normalized spacial score (nSPS) is 11.6. The SMILES string of the molecule is O=C(C(=Cc1ccccn1)c1nc2ccccc2[nH]1)c1ccccc1. The van der Waals surface area contributed by atoms with Gasteiger partial charge in [0, 0.05) is 11.8 Å². The van der Waals surface area contributed by atoms with Crippen LogP contribution in [0.1, 0.15) is 21.9 Å². The lowest BCUT2D eigenvalue weighted by Crippen LogP contribution is -2.04.